The van der Waals surface area contributed by atoms with Crippen molar-refractivity contribution >= 4 is 22.5 Å². The summed E-state index contributed by atoms with van der Waals surface area (Å²) in [4.78, 5) is 38.9. The first kappa shape index (κ1) is 40.3. The number of hydrogen-bond acceptors (Lipinski definition) is 11. The van der Waals surface area contributed by atoms with E-state index in [1.54, 1.807) is 34.1 Å². The fraction of sp³-hybridized carbons (Fsp3) is 0.718. The van der Waals surface area contributed by atoms with Gasteiger partial charge in [0.2, 0.25) is 0 Å². The molecule has 280 valence electrons. The second-order valence-electron chi connectivity index (χ2n) is 15.8. The van der Waals surface area contributed by atoms with Crippen molar-refractivity contribution in [1.29, 1.82) is 0 Å². The SMILES string of the molecule is CO[C@]1(C)C[C@@H](C)CN(C)CCCN(Cc2ccc3ccncc3c2)CCOC(=O)C(C)(C)C(=O)[C@H](C)[C@H]1O[C@@H]1O[C@H](C)C[C@H](N(C)C)[C@H]1O. The van der Waals surface area contributed by atoms with Gasteiger partial charge < -0.3 is 33.9 Å². The maximum atomic E-state index is 14.4. The molecule has 0 amide bonds. The highest BCUT2D eigenvalue weighted by atomic mass is 16.7. The van der Waals surface area contributed by atoms with Gasteiger partial charge >= 0.3 is 5.97 Å². The summed E-state index contributed by atoms with van der Waals surface area (Å²) in [5, 5.41) is 13.6. The summed E-state index contributed by atoms with van der Waals surface area (Å²) in [5.41, 5.74) is -1.22. The number of hydrogen-bond donors (Lipinski definition) is 1. The smallest absolute Gasteiger partial charge is 0.319 e. The van der Waals surface area contributed by atoms with Crippen LogP contribution in [-0.2, 0) is 35.1 Å². The Hall–Kier alpha value is -2.51. The number of aliphatic hydroxyl groups is 1. The molecule has 1 aromatic carbocycles. The standard InChI is InChI=1S/C39H62N4O7/c1-26-22-39(6,47-10)35(50-36-33(44)32(41(7)8)20-27(2)49-36)28(3)34(45)38(4,5)37(46)48-19-18-43(17-11-16-42(9)24-26)25-29-12-13-30-14-15-40-23-31(30)21-29/h12-15,21,23,26-28,32-33,35-36,44H,11,16-20,22,24-25H2,1-10H3/t26-,27-,28+,32+,33-,35-,36+,39-/m1/s1. The zero-order valence-corrected chi connectivity index (χ0v) is 32.1. The second kappa shape index (κ2) is 17.3. The summed E-state index contributed by atoms with van der Waals surface area (Å²) in [6, 6.07) is 8.24. The maximum Gasteiger partial charge on any atom is 0.319 e. The molecule has 0 bridgehead atoms. The van der Waals surface area contributed by atoms with Crippen molar-refractivity contribution in [2.45, 2.75) is 104 Å². The first-order chi connectivity index (χ1) is 23.5. The van der Waals surface area contributed by atoms with Gasteiger partial charge in [0, 0.05) is 56.5 Å². The summed E-state index contributed by atoms with van der Waals surface area (Å²) in [7, 11) is 7.62. The number of esters is 1. The molecule has 2 saturated heterocycles. The number of ether oxygens (including phenoxy) is 4. The van der Waals surface area contributed by atoms with E-state index in [9.17, 15) is 14.7 Å². The number of ketones is 1. The topological polar surface area (TPSA) is 114 Å². The van der Waals surface area contributed by atoms with E-state index in [2.05, 4.69) is 47.0 Å². The lowest BCUT2D eigenvalue weighted by Gasteiger charge is -2.47. The number of aromatic nitrogens is 1. The summed E-state index contributed by atoms with van der Waals surface area (Å²) in [6.07, 6.45) is 2.93. The zero-order valence-electron chi connectivity index (χ0n) is 32.1. The quantitative estimate of drug-likeness (QED) is 0.343. The zero-order chi connectivity index (χ0) is 36.8. The molecule has 50 heavy (non-hydrogen) atoms. The van der Waals surface area contributed by atoms with Gasteiger partial charge in [-0.25, -0.2) is 0 Å². The molecule has 2 aliphatic heterocycles. The van der Waals surface area contributed by atoms with Crippen molar-refractivity contribution in [1.82, 2.24) is 19.7 Å². The van der Waals surface area contributed by atoms with Gasteiger partial charge in [-0.15, -0.1) is 0 Å². The average molecular weight is 699 g/mol. The lowest BCUT2D eigenvalue weighted by Crippen LogP contribution is -2.59. The van der Waals surface area contributed by atoms with Gasteiger partial charge in [0.15, 0.2) is 12.1 Å². The predicted octanol–water partition coefficient (Wildman–Crippen LogP) is 4.39. The van der Waals surface area contributed by atoms with Crippen molar-refractivity contribution in [3.8, 4) is 0 Å². The second-order valence-corrected chi connectivity index (χ2v) is 15.8. The van der Waals surface area contributed by atoms with Crippen LogP contribution in [0.2, 0.25) is 0 Å². The average Bonchev–Trinajstić information content (AvgIpc) is 3.06. The van der Waals surface area contributed by atoms with Crippen LogP contribution in [0.5, 0.6) is 0 Å². The normalized spacial score (nSPS) is 33.3. The molecule has 0 unspecified atom stereocenters. The van der Waals surface area contributed by atoms with Crippen molar-refractivity contribution in [2.75, 3.05) is 61.0 Å². The van der Waals surface area contributed by atoms with E-state index >= 15 is 0 Å². The van der Waals surface area contributed by atoms with Crippen molar-refractivity contribution in [2.24, 2.45) is 17.3 Å². The Morgan fingerprint density at radius 3 is 2.50 bits per heavy atom. The molecule has 0 aliphatic carbocycles. The van der Waals surface area contributed by atoms with Crippen molar-refractivity contribution in [3.05, 3.63) is 42.2 Å². The van der Waals surface area contributed by atoms with Crippen molar-refractivity contribution in [3.63, 3.8) is 0 Å². The van der Waals surface area contributed by atoms with Gasteiger partial charge in [0.05, 0.1) is 17.8 Å². The Kier molecular flexibility index (Phi) is 14.0. The lowest BCUT2D eigenvalue weighted by atomic mass is 9.74. The van der Waals surface area contributed by atoms with E-state index in [1.165, 1.54) is 0 Å². The number of cyclic esters (lactones) is 1. The molecule has 2 fully saturated rings. The molecule has 2 aliphatic rings. The minimum absolute atomic E-state index is 0.160. The molecule has 11 nitrogen and oxygen atoms in total. The number of carbonyl (C=O) groups is 2. The highest BCUT2D eigenvalue weighted by Gasteiger charge is 2.51. The Balaban J connectivity index is 1.60. The van der Waals surface area contributed by atoms with Gasteiger partial charge in [-0.2, -0.15) is 0 Å². The monoisotopic (exact) mass is 698 g/mol. The Morgan fingerprint density at radius 1 is 1.06 bits per heavy atom. The van der Waals surface area contributed by atoms with E-state index in [1.807, 2.05) is 45.1 Å². The van der Waals surface area contributed by atoms with Crippen LogP contribution in [0.4, 0.5) is 0 Å². The van der Waals surface area contributed by atoms with E-state index in [0.717, 1.165) is 42.4 Å². The molecule has 2 aromatic rings. The number of pyridine rings is 1. The lowest BCUT2D eigenvalue weighted by molar-refractivity contribution is -0.295. The number of aliphatic hydroxyl groups excluding tert-OH is 1. The minimum atomic E-state index is -1.45. The number of benzene rings is 1. The van der Waals surface area contributed by atoms with Crippen LogP contribution in [0.1, 0.15) is 66.4 Å². The van der Waals surface area contributed by atoms with Gasteiger partial charge in [-0.1, -0.05) is 26.0 Å². The first-order valence-corrected chi connectivity index (χ1v) is 18.2. The molecule has 0 saturated carbocycles. The van der Waals surface area contributed by atoms with Crippen LogP contribution >= 0.6 is 0 Å². The van der Waals surface area contributed by atoms with Crippen LogP contribution in [0.3, 0.4) is 0 Å². The van der Waals surface area contributed by atoms with Gasteiger partial charge in [0.25, 0.3) is 0 Å². The van der Waals surface area contributed by atoms with Crippen LogP contribution < -0.4 is 0 Å². The molecule has 1 aromatic heterocycles. The largest absolute Gasteiger partial charge is 0.464 e. The number of nitrogens with zero attached hydrogens (tertiary/aromatic N) is 4. The van der Waals surface area contributed by atoms with Crippen LogP contribution in [-0.4, -0.2) is 134 Å². The van der Waals surface area contributed by atoms with Crippen molar-refractivity contribution < 1.29 is 33.6 Å². The number of rotatable bonds is 6. The summed E-state index contributed by atoms with van der Waals surface area (Å²) in [5.74, 6) is -1.49. The summed E-state index contributed by atoms with van der Waals surface area (Å²) < 4.78 is 25.0. The van der Waals surface area contributed by atoms with Gasteiger partial charge in [0.1, 0.15) is 18.1 Å². The van der Waals surface area contributed by atoms with E-state index < -0.39 is 41.4 Å². The number of fused-ring (bicyclic) bond motifs is 1. The third-order valence-electron chi connectivity index (χ3n) is 10.8. The molecule has 4 rings (SSSR count). The molecule has 0 spiro atoms. The predicted molar refractivity (Wildman–Crippen MR) is 195 cm³/mol. The van der Waals surface area contributed by atoms with E-state index in [0.29, 0.717) is 25.9 Å². The highest BCUT2D eigenvalue weighted by molar-refractivity contribution is 6.04. The van der Waals surface area contributed by atoms with Gasteiger partial charge in [-0.3, -0.25) is 19.5 Å². The Morgan fingerprint density at radius 2 is 1.80 bits per heavy atom. The van der Waals surface area contributed by atoms with E-state index in [-0.39, 0.29) is 30.5 Å². The van der Waals surface area contributed by atoms with Crippen LogP contribution in [0, 0.1) is 17.3 Å². The number of methoxy groups -OCH3 is 1. The first-order valence-electron chi connectivity index (χ1n) is 18.2. The highest BCUT2D eigenvalue weighted by Crippen LogP contribution is 2.38. The van der Waals surface area contributed by atoms with Gasteiger partial charge in [-0.05, 0) is 110 Å². The van der Waals surface area contributed by atoms with E-state index in [4.69, 9.17) is 18.9 Å². The van der Waals surface area contributed by atoms with Crippen LogP contribution in [0.25, 0.3) is 10.8 Å². The third kappa shape index (κ3) is 9.87. The Bertz CT molecular complexity index is 1420. The molecule has 0 radical (unpaired) electrons. The number of likely N-dealkylation sites (N-methyl/N-ethyl adjacent to an activating group) is 1. The molecule has 3 heterocycles. The molecular weight excluding hydrogens is 636 g/mol. The number of Topliss-reactive ketones (excluding diaryl/α,β-unsaturated/α-hetero) is 1. The minimum Gasteiger partial charge on any atom is -0.464 e. The fourth-order valence-electron chi connectivity index (χ4n) is 7.87. The summed E-state index contributed by atoms with van der Waals surface area (Å²) >= 11 is 0. The molecule has 8 atom stereocenters. The fourth-order valence-corrected chi connectivity index (χ4v) is 7.87. The van der Waals surface area contributed by atoms with Crippen LogP contribution in [0.15, 0.2) is 36.7 Å². The Labute approximate surface area is 299 Å². The number of carbonyl (C=O) groups excluding carboxylic acids is 2. The molecule has 11 heteroatoms. The maximum absolute atomic E-state index is 14.4. The third-order valence-corrected chi connectivity index (χ3v) is 10.8. The molecular formula is C39H62N4O7. The molecule has 1 N–H and O–H groups in total. The summed E-state index contributed by atoms with van der Waals surface area (Å²) in [6.45, 7) is 15.1.